The summed E-state index contributed by atoms with van der Waals surface area (Å²) < 4.78 is 3.49. The smallest absolute Gasteiger partial charge is 0.343 e. The van der Waals surface area contributed by atoms with E-state index < -0.39 is 0 Å². The molecule has 1 amide bonds. The Balaban J connectivity index is 1.33. The number of likely N-dealkylation sites (tertiary alicyclic amines) is 1. The third-order valence-electron chi connectivity index (χ3n) is 7.38. The monoisotopic (exact) mass is 388 g/mol. The molecule has 28 heavy (non-hydrogen) atoms. The predicted molar refractivity (Wildman–Crippen MR) is 109 cm³/mol. The van der Waals surface area contributed by atoms with Crippen molar-refractivity contribution in [3.8, 4) is 0 Å². The fraction of sp³-hybridized carbons (Fsp3) is 0.864. The number of piperidine rings is 1. The molecule has 0 unspecified atom stereocenters. The van der Waals surface area contributed by atoms with E-state index in [9.17, 15) is 9.59 Å². The van der Waals surface area contributed by atoms with Crippen LogP contribution in [0.4, 0.5) is 0 Å². The molecule has 4 rings (SSSR count). The molecule has 2 aliphatic carbocycles. The Morgan fingerprint density at radius 2 is 1.61 bits per heavy atom. The standard InChI is InChI=1S/C22H36N4O2/c1-24-22(28)26(19-9-5-6-10-19)21(23-24)18-13-15-25(16-14-18)20(27)12-11-17-7-3-2-4-8-17/h17-19H,2-16H2,1H3. The van der Waals surface area contributed by atoms with E-state index in [1.54, 1.807) is 7.05 Å². The van der Waals surface area contributed by atoms with E-state index in [1.807, 2.05) is 4.57 Å². The average molecular weight is 389 g/mol. The van der Waals surface area contributed by atoms with Crippen LogP contribution in [0.15, 0.2) is 4.79 Å². The summed E-state index contributed by atoms with van der Waals surface area (Å²) in [6, 6.07) is 0.325. The Morgan fingerprint density at radius 3 is 2.29 bits per heavy atom. The van der Waals surface area contributed by atoms with Crippen LogP contribution >= 0.6 is 0 Å². The lowest BCUT2D eigenvalue weighted by molar-refractivity contribution is -0.132. The number of hydrogen-bond donors (Lipinski definition) is 0. The lowest BCUT2D eigenvalue weighted by Crippen LogP contribution is -2.39. The third-order valence-corrected chi connectivity index (χ3v) is 7.38. The molecular formula is C22H36N4O2. The van der Waals surface area contributed by atoms with Gasteiger partial charge in [0, 0.05) is 38.5 Å². The molecule has 2 saturated carbocycles. The molecule has 156 valence electrons. The first kappa shape index (κ1) is 19.7. The van der Waals surface area contributed by atoms with Crippen LogP contribution in [0.1, 0.15) is 101 Å². The zero-order valence-corrected chi connectivity index (χ0v) is 17.4. The van der Waals surface area contributed by atoms with Gasteiger partial charge in [-0.15, -0.1) is 0 Å². The molecule has 6 nitrogen and oxygen atoms in total. The van der Waals surface area contributed by atoms with Gasteiger partial charge in [-0.3, -0.25) is 9.36 Å². The normalized spacial score (nSPS) is 22.8. The van der Waals surface area contributed by atoms with Gasteiger partial charge in [-0.1, -0.05) is 44.9 Å². The van der Waals surface area contributed by atoms with E-state index in [1.165, 1.54) is 49.6 Å². The Bertz CT molecular complexity index is 717. The molecule has 0 aromatic carbocycles. The molecule has 1 aliphatic heterocycles. The van der Waals surface area contributed by atoms with Gasteiger partial charge >= 0.3 is 5.69 Å². The second-order valence-electron chi connectivity index (χ2n) is 9.27. The molecule has 0 bridgehead atoms. The van der Waals surface area contributed by atoms with Crippen LogP contribution in [0, 0.1) is 5.92 Å². The number of amides is 1. The lowest BCUT2D eigenvalue weighted by Gasteiger charge is -2.32. The van der Waals surface area contributed by atoms with Gasteiger partial charge in [0.1, 0.15) is 5.82 Å². The molecule has 1 aromatic rings. The highest BCUT2D eigenvalue weighted by Gasteiger charge is 2.31. The molecule has 3 aliphatic rings. The highest BCUT2D eigenvalue weighted by atomic mass is 16.2. The quantitative estimate of drug-likeness (QED) is 0.771. The molecule has 3 fully saturated rings. The summed E-state index contributed by atoms with van der Waals surface area (Å²) in [7, 11) is 1.77. The third kappa shape index (κ3) is 4.20. The van der Waals surface area contributed by atoms with Crippen molar-refractivity contribution in [1.29, 1.82) is 0 Å². The number of carbonyl (C=O) groups excluding carboxylic acids is 1. The Labute approximate surface area is 168 Å². The van der Waals surface area contributed by atoms with Gasteiger partial charge in [0.2, 0.25) is 5.91 Å². The summed E-state index contributed by atoms with van der Waals surface area (Å²) in [5, 5.41) is 4.61. The fourth-order valence-corrected chi connectivity index (χ4v) is 5.63. The minimum Gasteiger partial charge on any atom is -0.343 e. The first-order chi connectivity index (χ1) is 13.6. The molecule has 0 spiro atoms. The second-order valence-corrected chi connectivity index (χ2v) is 9.27. The molecule has 0 radical (unpaired) electrons. The molecule has 2 heterocycles. The maximum atomic E-state index is 12.7. The molecule has 0 atom stereocenters. The van der Waals surface area contributed by atoms with Crippen molar-refractivity contribution in [2.24, 2.45) is 13.0 Å². The highest BCUT2D eigenvalue weighted by molar-refractivity contribution is 5.76. The Morgan fingerprint density at radius 1 is 0.964 bits per heavy atom. The van der Waals surface area contributed by atoms with Gasteiger partial charge in [0.25, 0.3) is 0 Å². The van der Waals surface area contributed by atoms with Gasteiger partial charge in [0.15, 0.2) is 0 Å². The van der Waals surface area contributed by atoms with Crippen LogP contribution in [0.25, 0.3) is 0 Å². The van der Waals surface area contributed by atoms with Crippen molar-refractivity contribution in [3.05, 3.63) is 16.3 Å². The zero-order valence-electron chi connectivity index (χ0n) is 17.4. The summed E-state index contributed by atoms with van der Waals surface area (Å²) in [4.78, 5) is 27.4. The van der Waals surface area contributed by atoms with Crippen molar-refractivity contribution in [2.75, 3.05) is 13.1 Å². The van der Waals surface area contributed by atoms with E-state index in [-0.39, 0.29) is 5.69 Å². The van der Waals surface area contributed by atoms with Crippen molar-refractivity contribution in [3.63, 3.8) is 0 Å². The molecule has 0 N–H and O–H groups in total. The van der Waals surface area contributed by atoms with Gasteiger partial charge in [-0.25, -0.2) is 9.48 Å². The predicted octanol–water partition coefficient (Wildman–Crippen LogP) is 3.76. The topological polar surface area (TPSA) is 60.1 Å². The summed E-state index contributed by atoms with van der Waals surface area (Å²) in [5.74, 6) is 2.37. The van der Waals surface area contributed by atoms with Crippen molar-refractivity contribution < 1.29 is 4.79 Å². The van der Waals surface area contributed by atoms with Crippen molar-refractivity contribution in [1.82, 2.24) is 19.2 Å². The Kier molecular flexibility index (Phi) is 6.22. The van der Waals surface area contributed by atoms with E-state index >= 15 is 0 Å². The van der Waals surface area contributed by atoms with E-state index in [0.29, 0.717) is 24.3 Å². The minimum absolute atomic E-state index is 0.0351. The number of hydrogen-bond acceptors (Lipinski definition) is 3. The molecule has 1 aromatic heterocycles. The largest absolute Gasteiger partial charge is 0.345 e. The van der Waals surface area contributed by atoms with Crippen LogP contribution < -0.4 is 5.69 Å². The van der Waals surface area contributed by atoms with E-state index in [4.69, 9.17) is 0 Å². The fourth-order valence-electron chi connectivity index (χ4n) is 5.63. The molecule has 6 heteroatoms. The van der Waals surface area contributed by atoms with Crippen LogP contribution in [0.5, 0.6) is 0 Å². The number of nitrogens with zero attached hydrogens (tertiary/aromatic N) is 4. The minimum atomic E-state index is 0.0351. The van der Waals surface area contributed by atoms with Crippen LogP contribution in [0.2, 0.25) is 0 Å². The van der Waals surface area contributed by atoms with Gasteiger partial charge in [0.05, 0.1) is 0 Å². The zero-order chi connectivity index (χ0) is 19.5. The Hall–Kier alpha value is -1.59. The average Bonchev–Trinajstić information content (AvgIpc) is 3.35. The maximum Gasteiger partial charge on any atom is 0.345 e. The van der Waals surface area contributed by atoms with Gasteiger partial charge in [-0.2, -0.15) is 5.10 Å². The number of rotatable bonds is 5. The van der Waals surface area contributed by atoms with E-state index in [2.05, 4.69) is 10.00 Å². The van der Waals surface area contributed by atoms with Crippen LogP contribution in [-0.2, 0) is 11.8 Å². The SMILES string of the molecule is Cn1nc(C2CCN(C(=O)CCC3CCCCC3)CC2)n(C2CCCC2)c1=O. The van der Waals surface area contributed by atoms with Crippen LogP contribution in [0.3, 0.4) is 0 Å². The summed E-state index contributed by atoms with van der Waals surface area (Å²) >= 11 is 0. The van der Waals surface area contributed by atoms with Crippen molar-refractivity contribution in [2.45, 2.75) is 95.4 Å². The van der Waals surface area contributed by atoms with E-state index in [0.717, 1.165) is 56.9 Å². The maximum absolute atomic E-state index is 12.7. The first-order valence-corrected chi connectivity index (χ1v) is 11.6. The number of aryl methyl sites for hydroxylation is 1. The number of carbonyl (C=O) groups is 1. The second kappa shape index (κ2) is 8.83. The number of aromatic nitrogens is 3. The summed E-state index contributed by atoms with van der Waals surface area (Å²) in [6.45, 7) is 1.62. The summed E-state index contributed by atoms with van der Waals surface area (Å²) in [5.41, 5.74) is 0.0351. The highest BCUT2D eigenvalue weighted by Crippen LogP contribution is 2.34. The lowest BCUT2D eigenvalue weighted by atomic mass is 9.86. The van der Waals surface area contributed by atoms with Gasteiger partial charge in [-0.05, 0) is 38.0 Å². The first-order valence-electron chi connectivity index (χ1n) is 11.6. The summed E-state index contributed by atoms with van der Waals surface area (Å²) in [6.07, 6.45) is 14.9. The molecule has 1 saturated heterocycles. The van der Waals surface area contributed by atoms with Crippen molar-refractivity contribution >= 4 is 5.91 Å². The van der Waals surface area contributed by atoms with Crippen LogP contribution in [-0.4, -0.2) is 38.2 Å². The molecular weight excluding hydrogens is 352 g/mol. The van der Waals surface area contributed by atoms with Gasteiger partial charge < -0.3 is 4.90 Å².